The zero-order valence-corrected chi connectivity index (χ0v) is 11.5. The minimum absolute atomic E-state index is 0.416. The second-order valence-electron chi connectivity index (χ2n) is 5.07. The Kier molecular flexibility index (Phi) is 3.81. The largest absolute Gasteiger partial charge is 0.304 e. The summed E-state index contributed by atoms with van der Waals surface area (Å²) in [5.74, 6) is 0.755. The maximum atomic E-state index is 5.95. The van der Waals surface area contributed by atoms with Crippen LogP contribution in [0.5, 0.6) is 0 Å². The molecule has 1 unspecified atom stereocenters. The van der Waals surface area contributed by atoms with E-state index in [1.165, 1.54) is 18.4 Å². The Balaban J connectivity index is 1.69. The summed E-state index contributed by atoms with van der Waals surface area (Å²) in [4.78, 5) is 4.35. The second-order valence-corrected chi connectivity index (χ2v) is 5.51. The molecular formula is C16H17ClN2. The molecule has 2 nitrogen and oxygen atoms in total. The Morgan fingerprint density at radius 1 is 1.16 bits per heavy atom. The van der Waals surface area contributed by atoms with Gasteiger partial charge in [0.2, 0.25) is 0 Å². The van der Waals surface area contributed by atoms with Gasteiger partial charge in [-0.25, -0.2) is 0 Å². The first-order valence-corrected chi connectivity index (χ1v) is 7.09. The van der Waals surface area contributed by atoms with Gasteiger partial charge in [-0.3, -0.25) is 4.98 Å². The Hall–Kier alpha value is -1.38. The van der Waals surface area contributed by atoms with Gasteiger partial charge >= 0.3 is 0 Å². The van der Waals surface area contributed by atoms with Crippen molar-refractivity contribution in [1.29, 1.82) is 0 Å². The van der Waals surface area contributed by atoms with Crippen LogP contribution >= 0.6 is 11.6 Å². The fourth-order valence-corrected chi connectivity index (χ4v) is 2.50. The average Bonchev–Trinajstić information content (AvgIpc) is 3.27. The smallest absolute Gasteiger partial charge is 0.0541 e. The summed E-state index contributed by atoms with van der Waals surface area (Å²) in [5, 5.41) is 4.42. The molecule has 19 heavy (non-hydrogen) atoms. The van der Waals surface area contributed by atoms with E-state index in [1.54, 1.807) is 0 Å². The van der Waals surface area contributed by atoms with Crippen molar-refractivity contribution in [2.75, 3.05) is 0 Å². The van der Waals surface area contributed by atoms with Gasteiger partial charge in [-0.05, 0) is 48.6 Å². The van der Waals surface area contributed by atoms with E-state index in [-0.39, 0.29) is 0 Å². The summed E-state index contributed by atoms with van der Waals surface area (Å²) < 4.78 is 0. The zero-order valence-electron chi connectivity index (χ0n) is 10.7. The number of hydrogen-bond donors (Lipinski definition) is 1. The van der Waals surface area contributed by atoms with E-state index >= 15 is 0 Å². The highest BCUT2D eigenvalue weighted by molar-refractivity contribution is 6.30. The quantitative estimate of drug-likeness (QED) is 0.891. The molecule has 1 aliphatic carbocycles. The number of hydrogen-bond acceptors (Lipinski definition) is 2. The zero-order chi connectivity index (χ0) is 13.1. The van der Waals surface area contributed by atoms with Crippen molar-refractivity contribution in [3.05, 3.63) is 64.9 Å². The van der Waals surface area contributed by atoms with E-state index in [2.05, 4.69) is 28.5 Å². The first kappa shape index (κ1) is 12.6. The third-order valence-electron chi connectivity index (χ3n) is 3.55. The number of rotatable bonds is 5. The molecule has 1 saturated carbocycles. The molecule has 1 aliphatic rings. The lowest BCUT2D eigenvalue weighted by Crippen LogP contribution is -2.23. The van der Waals surface area contributed by atoms with Gasteiger partial charge in [0.05, 0.1) is 5.69 Å². The third-order valence-corrected chi connectivity index (χ3v) is 3.80. The lowest BCUT2D eigenvalue weighted by Gasteiger charge is -2.18. The molecule has 1 atom stereocenters. The maximum Gasteiger partial charge on any atom is 0.0541 e. The van der Waals surface area contributed by atoms with Gasteiger partial charge in [0.1, 0.15) is 0 Å². The summed E-state index contributed by atoms with van der Waals surface area (Å²) in [6.07, 6.45) is 4.45. The minimum atomic E-state index is 0.416. The predicted molar refractivity (Wildman–Crippen MR) is 78.0 cm³/mol. The monoisotopic (exact) mass is 272 g/mol. The number of nitrogens with zero attached hydrogens (tertiary/aromatic N) is 1. The Morgan fingerprint density at radius 2 is 1.95 bits per heavy atom. The van der Waals surface area contributed by atoms with Gasteiger partial charge in [-0.1, -0.05) is 29.8 Å². The Labute approximate surface area is 118 Å². The topological polar surface area (TPSA) is 24.9 Å². The third kappa shape index (κ3) is 3.34. The van der Waals surface area contributed by atoms with Crippen LogP contribution in [0, 0.1) is 5.92 Å². The minimum Gasteiger partial charge on any atom is -0.304 e. The summed E-state index contributed by atoms with van der Waals surface area (Å²) in [5.41, 5.74) is 2.41. The molecule has 98 valence electrons. The van der Waals surface area contributed by atoms with E-state index in [0.717, 1.165) is 23.2 Å². The van der Waals surface area contributed by atoms with Crippen molar-refractivity contribution in [3.63, 3.8) is 0 Å². The fraction of sp³-hybridized carbons (Fsp3) is 0.312. The lowest BCUT2D eigenvalue weighted by molar-refractivity contribution is 0.476. The van der Waals surface area contributed by atoms with Crippen molar-refractivity contribution in [2.24, 2.45) is 5.92 Å². The van der Waals surface area contributed by atoms with E-state index < -0.39 is 0 Å². The summed E-state index contributed by atoms with van der Waals surface area (Å²) in [6, 6.07) is 14.6. The number of benzene rings is 1. The molecule has 3 heteroatoms. The van der Waals surface area contributed by atoms with Gasteiger partial charge in [0, 0.05) is 23.8 Å². The van der Waals surface area contributed by atoms with Crippen molar-refractivity contribution in [3.8, 4) is 0 Å². The van der Waals surface area contributed by atoms with Crippen molar-refractivity contribution in [1.82, 2.24) is 10.3 Å². The summed E-state index contributed by atoms with van der Waals surface area (Å²) in [6.45, 7) is 0.810. The molecule has 1 aromatic carbocycles. The molecule has 0 spiro atoms. The molecule has 1 fully saturated rings. The highest BCUT2D eigenvalue weighted by atomic mass is 35.5. The van der Waals surface area contributed by atoms with Gasteiger partial charge in [0.15, 0.2) is 0 Å². The standard InChI is InChI=1S/C16H17ClN2/c17-14-8-6-13(7-9-14)16(12-4-5-12)19-11-15-3-1-2-10-18-15/h1-3,6-10,12,16,19H,4-5,11H2. The van der Waals surface area contributed by atoms with E-state index in [1.807, 2.05) is 30.5 Å². The molecule has 1 aromatic heterocycles. The van der Waals surface area contributed by atoms with E-state index in [4.69, 9.17) is 11.6 Å². The van der Waals surface area contributed by atoms with E-state index in [9.17, 15) is 0 Å². The Bertz CT molecular complexity index is 520. The molecule has 2 aromatic rings. The van der Waals surface area contributed by atoms with Gasteiger partial charge < -0.3 is 5.32 Å². The molecule has 0 bridgehead atoms. The normalized spacial score (nSPS) is 16.3. The number of pyridine rings is 1. The molecule has 3 rings (SSSR count). The first-order chi connectivity index (χ1) is 9.33. The molecule has 0 aliphatic heterocycles. The fourth-order valence-electron chi connectivity index (χ4n) is 2.37. The molecular weight excluding hydrogens is 256 g/mol. The molecule has 1 N–H and O–H groups in total. The highest BCUT2D eigenvalue weighted by Crippen LogP contribution is 2.41. The SMILES string of the molecule is Clc1ccc(C(NCc2ccccn2)C2CC2)cc1. The van der Waals surface area contributed by atoms with Crippen molar-refractivity contribution in [2.45, 2.75) is 25.4 Å². The van der Waals surface area contributed by atoms with Crippen LogP contribution in [0.3, 0.4) is 0 Å². The van der Waals surface area contributed by atoms with Crippen LogP contribution in [0.2, 0.25) is 5.02 Å². The van der Waals surface area contributed by atoms with Crippen molar-refractivity contribution >= 4 is 11.6 Å². The number of halogens is 1. The van der Waals surface area contributed by atoms with Crippen molar-refractivity contribution < 1.29 is 0 Å². The highest BCUT2D eigenvalue weighted by Gasteiger charge is 2.31. The first-order valence-electron chi connectivity index (χ1n) is 6.72. The number of nitrogens with one attached hydrogen (secondary N) is 1. The Morgan fingerprint density at radius 3 is 2.58 bits per heavy atom. The van der Waals surface area contributed by atoms with Crippen LogP contribution in [0.25, 0.3) is 0 Å². The summed E-state index contributed by atoms with van der Waals surface area (Å²) >= 11 is 5.95. The summed E-state index contributed by atoms with van der Waals surface area (Å²) in [7, 11) is 0. The van der Waals surface area contributed by atoms with E-state index in [0.29, 0.717) is 6.04 Å². The van der Waals surface area contributed by atoms with Gasteiger partial charge in [-0.2, -0.15) is 0 Å². The van der Waals surface area contributed by atoms with Gasteiger partial charge in [0.25, 0.3) is 0 Å². The van der Waals surface area contributed by atoms with Crippen LogP contribution in [0.15, 0.2) is 48.7 Å². The molecule has 0 amide bonds. The average molecular weight is 273 g/mol. The van der Waals surface area contributed by atoms with Crippen LogP contribution in [0.1, 0.15) is 30.1 Å². The van der Waals surface area contributed by atoms with Crippen LogP contribution in [-0.2, 0) is 6.54 Å². The van der Waals surface area contributed by atoms with Crippen LogP contribution in [0.4, 0.5) is 0 Å². The van der Waals surface area contributed by atoms with Crippen LogP contribution in [-0.4, -0.2) is 4.98 Å². The molecule has 1 heterocycles. The second kappa shape index (κ2) is 5.72. The lowest BCUT2D eigenvalue weighted by atomic mass is 10.0. The number of aromatic nitrogens is 1. The van der Waals surface area contributed by atoms with Crippen LogP contribution < -0.4 is 5.32 Å². The van der Waals surface area contributed by atoms with Gasteiger partial charge in [-0.15, -0.1) is 0 Å². The molecule has 0 saturated heterocycles. The maximum absolute atomic E-state index is 5.95. The molecule has 0 radical (unpaired) electrons. The predicted octanol–water partition coefficient (Wildman–Crippen LogP) is 3.98.